The first kappa shape index (κ1) is 34.5. The summed E-state index contributed by atoms with van der Waals surface area (Å²) in [5.41, 5.74) is 0.879. The third-order valence-corrected chi connectivity index (χ3v) is 9.62. The lowest BCUT2D eigenvalue weighted by atomic mass is 10.1. The van der Waals surface area contributed by atoms with Gasteiger partial charge >= 0.3 is 0 Å². The van der Waals surface area contributed by atoms with Gasteiger partial charge in [0.25, 0.3) is 10.0 Å². The summed E-state index contributed by atoms with van der Waals surface area (Å²) in [6.45, 7) is 7.32. The van der Waals surface area contributed by atoms with E-state index in [0.717, 1.165) is 4.31 Å². The number of nitrogens with one attached hydrogen (secondary N) is 1. The van der Waals surface area contributed by atoms with Crippen molar-refractivity contribution in [1.29, 1.82) is 0 Å². The van der Waals surface area contributed by atoms with Crippen LogP contribution in [-0.4, -0.2) is 50.4 Å². The van der Waals surface area contributed by atoms with E-state index in [-0.39, 0.29) is 29.1 Å². The number of sulfonamides is 1. The number of amides is 2. The van der Waals surface area contributed by atoms with Crippen LogP contribution in [-0.2, 0) is 26.2 Å². The Morgan fingerprint density at radius 3 is 2.09 bits per heavy atom. The molecular formula is C31H36Cl3N3O5S. The molecular weight excluding hydrogens is 633 g/mol. The summed E-state index contributed by atoms with van der Waals surface area (Å²) < 4.78 is 34.5. The number of carbonyl (C=O) groups is 2. The molecule has 43 heavy (non-hydrogen) atoms. The molecule has 0 aliphatic heterocycles. The maximum absolute atomic E-state index is 14.2. The van der Waals surface area contributed by atoms with Crippen LogP contribution < -0.4 is 14.4 Å². The molecule has 0 aliphatic rings. The van der Waals surface area contributed by atoms with Gasteiger partial charge in [0.15, 0.2) is 0 Å². The zero-order valence-electron chi connectivity index (χ0n) is 24.5. The van der Waals surface area contributed by atoms with Gasteiger partial charge in [-0.2, -0.15) is 0 Å². The Balaban J connectivity index is 2.08. The van der Waals surface area contributed by atoms with Crippen molar-refractivity contribution in [3.05, 3.63) is 87.4 Å². The Hall–Kier alpha value is -2.98. The summed E-state index contributed by atoms with van der Waals surface area (Å²) in [7, 11) is -4.24. The average Bonchev–Trinajstić information content (AvgIpc) is 2.98. The molecule has 0 fully saturated rings. The lowest BCUT2D eigenvalue weighted by Gasteiger charge is -2.33. The number of benzene rings is 3. The lowest BCUT2D eigenvalue weighted by Crippen LogP contribution is -2.53. The van der Waals surface area contributed by atoms with Crippen molar-refractivity contribution >= 4 is 62.3 Å². The predicted molar refractivity (Wildman–Crippen MR) is 173 cm³/mol. The van der Waals surface area contributed by atoms with E-state index in [4.69, 9.17) is 39.5 Å². The van der Waals surface area contributed by atoms with Gasteiger partial charge in [0, 0.05) is 17.6 Å². The van der Waals surface area contributed by atoms with Crippen LogP contribution in [0.4, 0.5) is 5.69 Å². The first-order valence-electron chi connectivity index (χ1n) is 14.0. The van der Waals surface area contributed by atoms with E-state index in [0.29, 0.717) is 45.8 Å². The maximum Gasteiger partial charge on any atom is 0.264 e. The van der Waals surface area contributed by atoms with Crippen LogP contribution in [0.1, 0.15) is 46.1 Å². The minimum Gasteiger partial charge on any atom is -0.494 e. The van der Waals surface area contributed by atoms with Crippen molar-refractivity contribution in [2.75, 3.05) is 17.5 Å². The highest BCUT2D eigenvalue weighted by molar-refractivity contribution is 7.92. The van der Waals surface area contributed by atoms with Gasteiger partial charge in [0.2, 0.25) is 11.8 Å². The van der Waals surface area contributed by atoms with Crippen molar-refractivity contribution in [2.45, 2.75) is 64.1 Å². The minimum atomic E-state index is -4.24. The summed E-state index contributed by atoms with van der Waals surface area (Å²) >= 11 is 18.4. The predicted octanol–water partition coefficient (Wildman–Crippen LogP) is 6.96. The molecule has 0 aliphatic carbocycles. The van der Waals surface area contributed by atoms with Gasteiger partial charge in [-0.3, -0.25) is 13.9 Å². The van der Waals surface area contributed by atoms with Crippen LogP contribution in [0, 0.1) is 0 Å². The van der Waals surface area contributed by atoms with E-state index in [2.05, 4.69) is 5.32 Å². The van der Waals surface area contributed by atoms with Gasteiger partial charge in [0.05, 0.1) is 27.2 Å². The Labute approximate surface area is 268 Å². The fourth-order valence-electron chi connectivity index (χ4n) is 4.33. The van der Waals surface area contributed by atoms with E-state index in [1.165, 1.54) is 29.2 Å². The molecule has 0 saturated carbocycles. The fourth-order valence-corrected chi connectivity index (χ4v) is 6.19. The summed E-state index contributed by atoms with van der Waals surface area (Å²) in [4.78, 5) is 28.9. The molecule has 0 bridgehead atoms. The van der Waals surface area contributed by atoms with E-state index in [1.807, 2.05) is 20.8 Å². The van der Waals surface area contributed by atoms with Crippen molar-refractivity contribution in [3.8, 4) is 5.75 Å². The lowest BCUT2D eigenvalue weighted by molar-refractivity contribution is -0.140. The molecule has 0 spiro atoms. The number of nitrogens with zero attached hydrogens (tertiary/aromatic N) is 2. The fraction of sp³-hybridized carbons (Fsp3) is 0.355. The summed E-state index contributed by atoms with van der Waals surface area (Å²) in [6, 6.07) is 16.1. The van der Waals surface area contributed by atoms with E-state index < -0.39 is 28.5 Å². The monoisotopic (exact) mass is 667 g/mol. The van der Waals surface area contributed by atoms with Crippen LogP contribution in [0.25, 0.3) is 0 Å². The molecule has 1 N–H and O–H groups in total. The van der Waals surface area contributed by atoms with Gasteiger partial charge in [-0.15, -0.1) is 0 Å². The van der Waals surface area contributed by atoms with Gasteiger partial charge in [-0.25, -0.2) is 8.42 Å². The molecule has 2 amide bonds. The number of hydrogen-bond donors (Lipinski definition) is 1. The third-order valence-electron chi connectivity index (χ3n) is 6.84. The summed E-state index contributed by atoms with van der Waals surface area (Å²) in [5.74, 6) is -0.363. The smallest absolute Gasteiger partial charge is 0.264 e. The van der Waals surface area contributed by atoms with Gasteiger partial charge in [-0.1, -0.05) is 54.7 Å². The Morgan fingerprint density at radius 1 is 0.884 bits per heavy atom. The molecule has 3 aromatic rings. The minimum absolute atomic E-state index is 0.000263. The van der Waals surface area contributed by atoms with Crippen molar-refractivity contribution < 1.29 is 22.7 Å². The van der Waals surface area contributed by atoms with Gasteiger partial charge in [-0.05, 0) is 92.9 Å². The zero-order chi connectivity index (χ0) is 31.7. The van der Waals surface area contributed by atoms with Crippen LogP contribution in [0.15, 0.2) is 71.6 Å². The molecule has 0 heterocycles. The maximum atomic E-state index is 14.2. The second-order valence-electron chi connectivity index (χ2n) is 9.90. The second kappa shape index (κ2) is 15.7. The number of anilines is 1. The van der Waals surface area contributed by atoms with Gasteiger partial charge < -0.3 is 15.0 Å². The van der Waals surface area contributed by atoms with Crippen molar-refractivity contribution in [2.24, 2.45) is 0 Å². The normalized spacial score (nSPS) is 12.7. The van der Waals surface area contributed by atoms with Crippen molar-refractivity contribution in [1.82, 2.24) is 10.2 Å². The van der Waals surface area contributed by atoms with Crippen molar-refractivity contribution in [3.63, 3.8) is 0 Å². The molecule has 0 aromatic heterocycles. The quantitative estimate of drug-likeness (QED) is 0.200. The highest BCUT2D eigenvalue weighted by Crippen LogP contribution is 2.28. The first-order valence-corrected chi connectivity index (χ1v) is 16.5. The molecule has 2 unspecified atom stereocenters. The number of rotatable bonds is 14. The second-order valence-corrected chi connectivity index (χ2v) is 13.0. The average molecular weight is 669 g/mol. The van der Waals surface area contributed by atoms with Gasteiger partial charge in [0.1, 0.15) is 18.3 Å². The standard InChI is InChI=1S/C31H36Cl3N3O5S/c1-5-21(4)35-31(39)29(6-2)36(19-22-8-17-27(33)28(34)18-22)30(38)20-37(24-11-13-25(14-12-24)42-7-3)43(40,41)26-15-9-23(32)10-16-26/h8-18,21,29H,5-7,19-20H2,1-4H3,(H,35,39). The molecule has 12 heteroatoms. The van der Waals surface area contributed by atoms with E-state index in [9.17, 15) is 18.0 Å². The summed E-state index contributed by atoms with van der Waals surface area (Å²) in [6.07, 6.45) is 0.996. The highest BCUT2D eigenvalue weighted by atomic mass is 35.5. The zero-order valence-corrected chi connectivity index (χ0v) is 27.6. The third kappa shape index (κ3) is 9.01. The largest absolute Gasteiger partial charge is 0.494 e. The Morgan fingerprint density at radius 2 is 1.53 bits per heavy atom. The molecule has 3 aromatic carbocycles. The Kier molecular flexibility index (Phi) is 12.6. The van der Waals surface area contributed by atoms with E-state index in [1.54, 1.807) is 49.4 Å². The topological polar surface area (TPSA) is 96.0 Å². The first-order chi connectivity index (χ1) is 20.4. The summed E-state index contributed by atoms with van der Waals surface area (Å²) in [5, 5.41) is 3.96. The SMILES string of the molecule is CCOc1ccc(N(CC(=O)N(Cc2ccc(Cl)c(Cl)c2)C(CC)C(=O)NC(C)CC)S(=O)(=O)c2ccc(Cl)cc2)cc1. The molecule has 8 nitrogen and oxygen atoms in total. The van der Waals surface area contributed by atoms with Crippen LogP contribution in [0.3, 0.4) is 0 Å². The molecule has 232 valence electrons. The van der Waals surface area contributed by atoms with Crippen LogP contribution in [0.5, 0.6) is 5.75 Å². The molecule has 0 radical (unpaired) electrons. The highest BCUT2D eigenvalue weighted by Gasteiger charge is 2.34. The number of carbonyl (C=O) groups excluding carboxylic acids is 2. The Bertz CT molecular complexity index is 1500. The van der Waals surface area contributed by atoms with Crippen LogP contribution >= 0.6 is 34.8 Å². The number of hydrogen-bond acceptors (Lipinski definition) is 5. The van der Waals surface area contributed by atoms with Crippen LogP contribution in [0.2, 0.25) is 15.1 Å². The molecule has 3 rings (SSSR count). The van der Waals surface area contributed by atoms with E-state index >= 15 is 0 Å². The number of halogens is 3. The molecule has 2 atom stereocenters. The number of ether oxygens (including phenoxy) is 1. The molecule has 0 saturated heterocycles.